The molecule has 13 heavy (non-hydrogen) atoms. The Balaban J connectivity index is 0.000000252. The van der Waals surface area contributed by atoms with Crippen LogP contribution in [-0.2, 0) is 0 Å². The summed E-state index contributed by atoms with van der Waals surface area (Å²) in [7, 11) is 1.66. The second-order valence-electron chi connectivity index (χ2n) is 2.55. The minimum atomic E-state index is -0.560. The fraction of sp³-hybridized carbons (Fsp3) is 0.400. The molecule has 0 aliphatic heterocycles. The highest BCUT2D eigenvalue weighted by molar-refractivity contribution is 5.20. The lowest BCUT2D eigenvalue weighted by molar-refractivity contribution is 0.110. The van der Waals surface area contributed by atoms with Crippen LogP contribution in [0, 0.1) is 0 Å². The number of aliphatic hydroxyl groups is 2. The molecule has 1 unspecified atom stereocenters. The van der Waals surface area contributed by atoms with Gasteiger partial charge < -0.3 is 14.9 Å². The van der Waals surface area contributed by atoms with Gasteiger partial charge in [0.05, 0.1) is 19.8 Å². The summed E-state index contributed by atoms with van der Waals surface area (Å²) in [5.74, 6) is 0.910. The standard InChI is InChI=1S/C7H8O.C3H8O2/c1-8-7-5-3-2-4-6-7;1-3(5)2-4/h2-6H,1H3;3-5H,2H2,1H3. The number of hydrogen-bond donors (Lipinski definition) is 2. The molecule has 1 atom stereocenters. The minimum absolute atomic E-state index is 0.139. The summed E-state index contributed by atoms with van der Waals surface area (Å²) in [6, 6.07) is 9.68. The molecule has 0 bridgehead atoms. The molecule has 0 saturated heterocycles. The van der Waals surface area contributed by atoms with Gasteiger partial charge in [0.2, 0.25) is 0 Å². The van der Waals surface area contributed by atoms with Crippen LogP contribution in [0.1, 0.15) is 6.92 Å². The lowest BCUT2D eigenvalue weighted by Crippen LogP contribution is -2.03. The second-order valence-corrected chi connectivity index (χ2v) is 2.55. The third-order valence-electron chi connectivity index (χ3n) is 1.24. The zero-order valence-corrected chi connectivity index (χ0v) is 7.97. The van der Waals surface area contributed by atoms with E-state index in [0.29, 0.717) is 0 Å². The van der Waals surface area contributed by atoms with Gasteiger partial charge in [-0.25, -0.2) is 0 Å². The van der Waals surface area contributed by atoms with E-state index in [2.05, 4.69) is 0 Å². The molecule has 0 spiro atoms. The maximum absolute atomic E-state index is 8.11. The average Bonchev–Trinajstić information content (AvgIpc) is 2.20. The fourth-order valence-electron chi connectivity index (χ4n) is 0.557. The Morgan fingerprint density at radius 2 is 1.77 bits per heavy atom. The molecule has 0 radical (unpaired) electrons. The maximum Gasteiger partial charge on any atom is 0.118 e. The molecule has 0 aliphatic rings. The lowest BCUT2D eigenvalue weighted by Gasteiger charge is -1.93. The molecule has 0 fully saturated rings. The topological polar surface area (TPSA) is 49.7 Å². The monoisotopic (exact) mass is 184 g/mol. The smallest absolute Gasteiger partial charge is 0.118 e. The number of benzene rings is 1. The summed E-state index contributed by atoms with van der Waals surface area (Å²) in [6.07, 6.45) is -0.560. The number of ether oxygens (including phenoxy) is 1. The fourth-order valence-corrected chi connectivity index (χ4v) is 0.557. The SMILES string of the molecule is CC(O)CO.COc1ccccc1. The highest BCUT2D eigenvalue weighted by Gasteiger charge is 1.83. The molecule has 74 valence electrons. The molecule has 3 nitrogen and oxygen atoms in total. The molecule has 0 aromatic heterocycles. The summed E-state index contributed by atoms with van der Waals surface area (Å²) >= 11 is 0. The van der Waals surface area contributed by atoms with Crippen LogP contribution in [0.25, 0.3) is 0 Å². The highest BCUT2D eigenvalue weighted by Crippen LogP contribution is 2.05. The van der Waals surface area contributed by atoms with Crippen LogP contribution < -0.4 is 4.74 Å². The molecule has 0 heterocycles. The van der Waals surface area contributed by atoms with E-state index < -0.39 is 6.10 Å². The van der Waals surface area contributed by atoms with Crippen molar-refractivity contribution in [2.45, 2.75) is 13.0 Å². The molecule has 1 aromatic rings. The quantitative estimate of drug-likeness (QED) is 0.722. The minimum Gasteiger partial charge on any atom is -0.497 e. The van der Waals surface area contributed by atoms with Crippen LogP contribution >= 0.6 is 0 Å². The van der Waals surface area contributed by atoms with E-state index in [1.807, 2.05) is 30.3 Å². The first kappa shape index (κ1) is 11.9. The van der Waals surface area contributed by atoms with Crippen LogP contribution in [0.15, 0.2) is 30.3 Å². The summed E-state index contributed by atoms with van der Waals surface area (Å²) < 4.78 is 4.91. The molecule has 3 heteroatoms. The normalized spacial score (nSPS) is 11.1. The van der Waals surface area contributed by atoms with Gasteiger partial charge in [0.1, 0.15) is 5.75 Å². The maximum atomic E-state index is 8.11. The third-order valence-corrected chi connectivity index (χ3v) is 1.24. The van der Waals surface area contributed by atoms with Gasteiger partial charge in [-0.2, -0.15) is 0 Å². The Morgan fingerprint density at radius 3 is 2.00 bits per heavy atom. The van der Waals surface area contributed by atoms with Crippen LogP contribution in [-0.4, -0.2) is 30.0 Å². The zero-order valence-electron chi connectivity index (χ0n) is 7.97. The molecule has 0 saturated carbocycles. The number of aliphatic hydroxyl groups excluding tert-OH is 2. The highest BCUT2D eigenvalue weighted by atomic mass is 16.5. The third kappa shape index (κ3) is 7.31. The van der Waals surface area contributed by atoms with Gasteiger partial charge in [0.15, 0.2) is 0 Å². The molecular weight excluding hydrogens is 168 g/mol. The van der Waals surface area contributed by atoms with Crippen molar-refractivity contribution in [2.24, 2.45) is 0 Å². The van der Waals surface area contributed by atoms with Crippen LogP contribution in [0.4, 0.5) is 0 Å². The Bertz CT molecular complexity index is 197. The van der Waals surface area contributed by atoms with Gasteiger partial charge >= 0.3 is 0 Å². The molecule has 0 aliphatic carbocycles. The molecular formula is C10H16O3. The van der Waals surface area contributed by atoms with E-state index in [0.717, 1.165) is 5.75 Å². The van der Waals surface area contributed by atoms with Crippen molar-refractivity contribution in [3.05, 3.63) is 30.3 Å². The lowest BCUT2D eigenvalue weighted by atomic mass is 10.3. The van der Waals surface area contributed by atoms with E-state index in [4.69, 9.17) is 14.9 Å². The van der Waals surface area contributed by atoms with Crippen molar-refractivity contribution in [3.8, 4) is 5.75 Å². The Kier molecular flexibility index (Phi) is 6.96. The predicted octanol–water partition coefficient (Wildman–Crippen LogP) is 1.05. The molecule has 1 rings (SSSR count). The summed E-state index contributed by atoms with van der Waals surface area (Å²) in [4.78, 5) is 0. The summed E-state index contributed by atoms with van der Waals surface area (Å²) in [6.45, 7) is 1.39. The van der Waals surface area contributed by atoms with Crippen LogP contribution in [0.3, 0.4) is 0 Å². The summed E-state index contributed by atoms with van der Waals surface area (Å²) in [5.41, 5.74) is 0. The van der Waals surface area contributed by atoms with Gasteiger partial charge in [0, 0.05) is 0 Å². The largest absolute Gasteiger partial charge is 0.497 e. The number of rotatable bonds is 2. The van der Waals surface area contributed by atoms with Gasteiger partial charge in [-0.3, -0.25) is 0 Å². The average molecular weight is 184 g/mol. The predicted molar refractivity (Wildman–Crippen MR) is 51.8 cm³/mol. The number of para-hydroxylation sites is 1. The number of hydrogen-bond acceptors (Lipinski definition) is 3. The van der Waals surface area contributed by atoms with E-state index in [9.17, 15) is 0 Å². The van der Waals surface area contributed by atoms with Gasteiger partial charge in [-0.15, -0.1) is 0 Å². The van der Waals surface area contributed by atoms with Crippen molar-refractivity contribution in [1.29, 1.82) is 0 Å². The summed E-state index contributed by atoms with van der Waals surface area (Å²) in [5, 5.41) is 16.0. The van der Waals surface area contributed by atoms with Gasteiger partial charge in [-0.1, -0.05) is 18.2 Å². The van der Waals surface area contributed by atoms with Crippen LogP contribution in [0.2, 0.25) is 0 Å². The zero-order chi connectivity index (χ0) is 10.1. The van der Waals surface area contributed by atoms with E-state index in [1.165, 1.54) is 6.92 Å². The second kappa shape index (κ2) is 7.58. The number of methoxy groups -OCH3 is 1. The molecule has 1 aromatic carbocycles. The van der Waals surface area contributed by atoms with Crippen LogP contribution in [0.5, 0.6) is 5.75 Å². The van der Waals surface area contributed by atoms with Gasteiger partial charge in [0.25, 0.3) is 0 Å². The first-order chi connectivity index (χ1) is 6.20. The van der Waals surface area contributed by atoms with Crippen molar-refractivity contribution < 1.29 is 14.9 Å². The van der Waals surface area contributed by atoms with E-state index in [-0.39, 0.29) is 6.61 Å². The Morgan fingerprint density at radius 1 is 1.31 bits per heavy atom. The van der Waals surface area contributed by atoms with E-state index >= 15 is 0 Å². The Labute approximate surface area is 78.6 Å². The van der Waals surface area contributed by atoms with E-state index in [1.54, 1.807) is 7.11 Å². The molecule has 0 amide bonds. The van der Waals surface area contributed by atoms with Gasteiger partial charge in [-0.05, 0) is 19.1 Å². The first-order valence-corrected chi connectivity index (χ1v) is 4.08. The first-order valence-electron chi connectivity index (χ1n) is 4.08. The van der Waals surface area contributed by atoms with Crippen molar-refractivity contribution in [3.63, 3.8) is 0 Å². The molecule has 2 N–H and O–H groups in total. The Hall–Kier alpha value is -1.06. The van der Waals surface area contributed by atoms with Crippen molar-refractivity contribution >= 4 is 0 Å². The van der Waals surface area contributed by atoms with Crippen molar-refractivity contribution in [1.82, 2.24) is 0 Å². The van der Waals surface area contributed by atoms with Crippen molar-refractivity contribution in [2.75, 3.05) is 13.7 Å².